The van der Waals surface area contributed by atoms with Crippen LogP contribution in [-0.4, -0.2) is 28.8 Å². The topological polar surface area (TPSA) is 50.2 Å². The number of hydrogen-bond donors (Lipinski definition) is 1. The number of nitrogens with one attached hydrogen (secondary N) is 1. The van der Waals surface area contributed by atoms with Gasteiger partial charge < -0.3 is 10.2 Å². The standard InChI is InChI=1S/C18H24N4O/c1-14(2)22-13-16(12-19-22)20-18(23)15-6-8-17(9-7-15)21-10-4-3-5-11-21/h6-9,12-14H,3-5,10-11H2,1-2H3,(H,20,23). The largest absolute Gasteiger partial charge is 0.372 e. The van der Waals surface area contributed by atoms with E-state index in [4.69, 9.17) is 0 Å². The normalized spacial score (nSPS) is 15.0. The quantitative estimate of drug-likeness (QED) is 0.936. The van der Waals surface area contributed by atoms with E-state index in [1.165, 1.54) is 24.9 Å². The first-order valence-corrected chi connectivity index (χ1v) is 8.34. The van der Waals surface area contributed by atoms with Gasteiger partial charge in [0.2, 0.25) is 0 Å². The summed E-state index contributed by atoms with van der Waals surface area (Å²) < 4.78 is 1.83. The van der Waals surface area contributed by atoms with Crippen LogP contribution >= 0.6 is 0 Å². The maximum atomic E-state index is 12.3. The van der Waals surface area contributed by atoms with Crippen LogP contribution in [0, 0.1) is 0 Å². The van der Waals surface area contributed by atoms with Gasteiger partial charge in [0.15, 0.2) is 0 Å². The van der Waals surface area contributed by atoms with Crippen molar-refractivity contribution in [1.82, 2.24) is 9.78 Å². The number of hydrogen-bond acceptors (Lipinski definition) is 3. The highest BCUT2D eigenvalue weighted by molar-refractivity contribution is 6.04. The van der Waals surface area contributed by atoms with E-state index < -0.39 is 0 Å². The lowest BCUT2D eigenvalue weighted by Crippen LogP contribution is -2.29. The summed E-state index contributed by atoms with van der Waals surface area (Å²) in [5.74, 6) is -0.0986. The average Bonchev–Trinajstić information content (AvgIpc) is 3.04. The molecule has 1 aliphatic heterocycles. The molecule has 0 bridgehead atoms. The van der Waals surface area contributed by atoms with Crippen molar-refractivity contribution >= 4 is 17.3 Å². The van der Waals surface area contributed by atoms with Gasteiger partial charge in [-0.15, -0.1) is 0 Å². The summed E-state index contributed by atoms with van der Waals surface area (Å²) in [6.07, 6.45) is 7.36. The zero-order valence-corrected chi connectivity index (χ0v) is 13.8. The molecule has 0 atom stereocenters. The van der Waals surface area contributed by atoms with E-state index in [0.29, 0.717) is 5.56 Å². The molecule has 0 saturated carbocycles. The Kier molecular flexibility index (Phi) is 4.65. The van der Waals surface area contributed by atoms with Gasteiger partial charge in [-0.1, -0.05) is 0 Å². The highest BCUT2D eigenvalue weighted by atomic mass is 16.1. The first-order valence-electron chi connectivity index (χ1n) is 8.34. The first-order chi connectivity index (χ1) is 11.1. The van der Waals surface area contributed by atoms with Crippen molar-refractivity contribution in [2.24, 2.45) is 0 Å². The molecule has 5 nitrogen and oxygen atoms in total. The fourth-order valence-corrected chi connectivity index (χ4v) is 2.86. The molecule has 0 radical (unpaired) electrons. The van der Waals surface area contributed by atoms with Crippen LogP contribution in [0.4, 0.5) is 11.4 Å². The number of benzene rings is 1. The van der Waals surface area contributed by atoms with E-state index in [2.05, 4.69) is 29.2 Å². The molecule has 1 saturated heterocycles. The minimum atomic E-state index is -0.0986. The molecule has 1 fully saturated rings. The van der Waals surface area contributed by atoms with Crippen molar-refractivity contribution in [3.8, 4) is 0 Å². The molecule has 1 N–H and O–H groups in total. The van der Waals surface area contributed by atoms with Gasteiger partial charge in [-0.05, 0) is 57.4 Å². The average molecular weight is 312 g/mol. The molecular formula is C18H24N4O. The minimum absolute atomic E-state index is 0.0986. The van der Waals surface area contributed by atoms with E-state index in [9.17, 15) is 4.79 Å². The Labute approximate surface area is 137 Å². The van der Waals surface area contributed by atoms with Crippen molar-refractivity contribution in [2.45, 2.75) is 39.2 Å². The van der Waals surface area contributed by atoms with Crippen molar-refractivity contribution < 1.29 is 4.79 Å². The maximum Gasteiger partial charge on any atom is 0.255 e. The second kappa shape index (κ2) is 6.86. The molecule has 1 aromatic carbocycles. The monoisotopic (exact) mass is 312 g/mol. The fraction of sp³-hybridized carbons (Fsp3) is 0.444. The molecule has 0 spiro atoms. The molecule has 1 aliphatic rings. The predicted octanol–water partition coefficient (Wildman–Crippen LogP) is 3.71. The Hall–Kier alpha value is -2.30. The van der Waals surface area contributed by atoms with Crippen molar-refractivity contribution in [3.05, 3.63) is 42.2 Å². The molecular weight excluding hydrogens is 288 g/mol. The zero-order valence-electron chi connectivity index (χ0n) is 13.8. The van der Waals surface area contributed by atoms with Crippen LogP contribution in [0.25, 0.3) is 0 Å². The fourth-order valence-electron chi connectivity index (χ4n) is 2.86. The van der Waals surface area contributed by atoms with E-state index in [0.717, 1.165) is 18.8 Å². The summed E-state index contributed by atoms with van der Waals surface area (Å²) in [4.78, 5) is 14.7. The van der Waals surface area contributed by atoms with E-state index in [-0.39, 0.29) is 11.9 Å². The van der Waals surface area contributed by atoms with Gasteiger partial charge in [0.05, 0.1) is 11.9 Å². The lowest BCUT2D eigenvalue weighted by molar-refractivity contribution is 0.102. The van der Waals surface area contributed by atoms with Gasteiger partial charge in [0, 0.05) is 36.6 Å². The van der Waals surface area contributed by atoms with Crippen LogP contribution in [0.2, 0.25) is 0 Å². The van der Waals surface area contributed by atoms with Crippen LogP contribution in [0.1, 0.15) is 49.5 Å². The molecule has 3 rings (SSSR count). The Morgan fingerprint density at radius 1 is 1.13 bits per heavy atom. The number of piperidine rings is 1. The molecule has 2 heterocycles. The Morgan fingerprint density at radius 2 is 1.83 bits per heavy atom. The van der Waals surface area contributed by atoms with E-state index in [1.807, 2.05) is 35.1 Å². The van der Waals surface area contributed by atoms with E-state index in [1.54, 1.807) is 6.20 Å². The van der Waals surface area contributed by atoms with Crippen LogP contribution in [-0.2, 0) is 0 Å². The molecule has 0 aliphatic carbocycles. The number of rotatable bonds is 4. The maximum absolute atomic E-state index is 12.3. The predicted molar refractivity (Wildman–Crippen MR) is 93.1 cm³/mol. The summed E-state index contributed by atoms with van der Waals surface area (Å²) in [6, 6.07) is 8.15. The summed E-state index contributed by atoms with van der Waals surface area (Å²) in [5.41, 5.74) is 2.60. The summed E-state index contributed by atoms with van der Waals surface area (Å²) in [6.45, 7) is 6.33. The van der Waals surface area contributed by atoms with Gasteiger partial charge in [-0.2, -0.15) is 5.10 Å². The Morgan fingerprint density at radius 3 is 2.43 bits per heavy atom. The number of carbonyl (C=O) groups excluding carboxylic acids is 1. The zero-order chi connectivity index (χ0) is 16.2. The van der Waals surface area contributed by atoms with Crippen LogP contribution in [0.3, 0.4) is 0 Å². The Bertz CT molecular complexity index is 654. The highest BCUT2D eigenvalue weighted by Crippen LogP contribution is 2.20. The molecule has 23 heavy (non-hydrogen) atoms. The van der Waals surface area contributed by atoms with E-state index >= 15 is 0 Å². The molecule has 0 unspecified atom stereocenters. The third kappa shape index (κ3) is 3.73. The third-order valence-electron chi connectivity index (χ3n) is 4.24. The molecule has 122 valence electrons. The second-order valence-corrected chi connectivity index (χ2v) is 6.35. The van der Waals surface area contributed by atoms with Gasteiger partial charge in [0.25, 0.3) is 5.91 Å². The second-order valence-electron chi connectivity index (χ2n) is 6.35. The van der Waals surface area contributed by atoms with Crippen molar-refractivity contribution in [1.29, 1.82) is 0 Å². The SMILES string of the molecule is CC(C)n1cc(NC(=O)c2ccc(N3CCCCC3)cc2)cn1. The van der Waals surface area contributed by atoms with Gasteiger partial charge >= 0.3 is 0 Å². The van der Waals surface area contributed by atoms with Crippen LogP contribution < -0.4 is 10.2 Å². The van der Waals surface area contributed by atoms with Gasteiger partial charge in [-0.3, -0.25) is 9.48 Å². The molecule has 2 aromatic rings. The third-order valence-corrected chi connectivity index (χ3v) is 4.24. The van der Waals surface area contributed by atoms with Gasteiger partial charge in [-0.25, -0.2) is 0 Å². The number of nitrogens with zero attached hydrogens (tertiary/aromatic N) is 3. The smallest absolute Gasteiger partial charge is 0.255 e. The number of aromatic nitrogens is 2. The summed E-state index contributed by atoms with van der Waals surface area (Å²) >= 11 is 0. The van der Waals surface area contributed by atoms with Crippen LogP contribution in [0.15, 0.2) is 36.7 Å². The minimum Gasteiger partial charge on any atom is -0.372 e. The van der Waals surface area contributed by atoms with Gasteiger partial charge in [0.1, 0.15) is 0 Å². The van der Waals surface area contributed by atoms with Crippen molar-refractivity contribution in [2.75, 3.05) is 23.3 Å². The lowest BCUT2D eigenvalue weighted by Gasteiger charge is -2.28. The van der Waals surface area contributed by atoms with Crippen molar-refractivity contribution in [3.63, 3.8) is 0 Å². The highest BCUT2D eigenvalue weighted by Gasteiger charge is 2.12. The molecule has 1 aromatic heterocycles. The molecule has 1 amide bonds. The lowest BCUT2D eigenvalue weighted by atomic mass is 10.1. The number of anilines is 2. The number of amides is 1. The molecule has 5 heteroatoms. The summed E-state index contributed by atoms with van der Waals surface area (Å²) in [5, 5.41) is 7.13. The van der Waals surface area contributed by atoms with Crippen LogP contribution in [0.5, 0.6) is 0 Å². The Balaban J connectivity index is 1.64. The first kappa shape index (κ1) is 15.6. The number of carbonyl (C=O) groups is 1. The summed E-state index contributed by atoms with van der Waals surface area (Å²) in [7, 11) is 0.